The first kappa shape index (κ1) is 25.7. The average molecular weight is 502 g/mol. The third kappa shape index (κ3) is 4.09. The van der Waals surface area contributed by atoms with Gasteiger partial charge in [0.1, 0.15) is 6.10 Å². The number of hydrogen-bond donors (Lipinski definition) is 1. The Morgan fingerprint density at radius 3 is 2.44 bits per heavy atom. The van der Waals surface area contributed by atoms with Gasteiger partial charge >= 0.3 is 6.18 Å². The Kier molecular flexibility index (Phi) is 6.31. The van der Waals surface area contributed by atoms with E-state index >= 15 is 0 Å². The second-order valence-corrected chi connectivity index (χ2v) is 12.2. The molecule has 6 heteroatoms. The lowest BCUT2D eigenvalue weighted by molar-refractivity contribution is -0.137. The number of pyridine rings is 1. The third-order valence-electron chi connectivity index (χ3n) is 8.83. The molecule has 3 nitrogen and oxygen atoms in total. The molecule has 5 unspecified atom stereocenters. The van der Waals surface area contributed by atoms with E-state index in [9.17, 15) is 18.3 Å². The summed E-state index contributed by atoms with van der Waals surface area (Å²) in [6.07, 6.45) is 0.844. The van der Waals surface area contributed by atoms with Crippen molar-refractivity contribution in [3.8, 4) is 0 Å². The predicted octanol–water partition coefficient (Wildman–Crippen LogP) is 8.14. The van der Waals surface area contributed by atoms with Crippen molar-refractivity contribution in [2.45, 2.75) is 109 Å². The van der Waals surface area contributed by atoms with Gasteiger partial charge in [0.05, 0.1) is 23.0 Å². The maximum absolute atomic E-state index is 13.3. The zero-order chi connectivity index (χ0) is 26.0. The monoisotopic (exact) mass is 501 g/mol. The molecule has 5 atom stereocenters. The molecule has 1 aromatic heterocycles. The van der Waals surface area contributed by atoms with Crippen molar-refractivity contribution in [2.75, 3.05) is 0 Å². The number of ether oxygens (including phenoxy) is 1. The summed E-state index contributed by atoms with van der Waals surface area (Å²) in [7, 11) is 0. The number of rotatable bonds is 4. The molecular formula is C30H38F3NO2. The quantitative estimate of drug-likeness (QED) is 0.460. The predicted molar refractivity (Wildman–Crippen MR) is 134 cm³/mol. The molecule has 1 aliphatic heterocycles. The molecule has 0 radical (unpaired) electrons. The molecule has 1 N–H and O–H groups in total. The third-order valence-corrected chi connectivity index (χ3v) is 8.83. The molecule has 3 aliphatic rings. The summed E-state index contributed by atoms with van der Waals surface area (Å²) in [5.41, 5.74) is 4.47. The highest BCUT2D eigenvalue weighted by Crippen LogP contribution is 2.61. The molecular weight excluding hydrogens is 463 g/mol. The molecule has 2 aromatic rings. The molecule has 0 bridgehead atoms. The number of halogens is 3. The van der Waals surface area contributed by atoms with Crippen molar-refractivity contribution in [2.24, 2.45) is 11.3 Å². The molecule has 36 heavy (non-hydrogen) atoms. The van der Waals surface area contributed by atoms with E-state index in [1.165, 1.54) is 0 Å². The van der Waals surface area contributed by atoms with E-state index in [0.717, 1.165) is 84.3 Å². The highest BCUT2D eigenvalue weighted by molar-refractivity contribution is 5.55. The standard InChI is InChI=1S/C30H38F3NO2/c1-6-8-17(2)26-24-25(23-21(34-26)15-28(4,5)16-22(23)35)29(14-7-9-18(29)3)36-27(24)19-10-12-20(13-11-19)30(31,32)33/h10-13,17-18,22,27,35H,6-9,14-16H2,1-5H3. The van der Waals surface area contributed by atoms with E-state index in [1.807, 2.05) is 0 Å². The number of aromatic nitrogens is 1. The number of aliphatic hydroxyl groups is 1. The zero-order valence-electron chi connectivity index (χ0n) is 22.0. The minimum Gasteiger partial charge on any atom is -0.388 e. The van der Waals surface area contributed by atoms with Crippen LogP contribution in [0.3, 0.4) is 0 Å². The van der Waals surface area contributed by atoms with Crippen LogP contribution in [0.4, 0.5) is 13.2 Å². The Morgan fingerprint density at radius 1 is 1.17 bits per heavy atom. The average Bonchev–Trinajstić information content (AvgIpc) is 3.33. The number of hydrogen-bond acceptors (Lipinski definition) is 3. The summed E-state index contributed by atoms with van der Waals surface area (Å²) in [4.78, 5) is 5.24. The van der Waals surface area contributed by atoms with Gasteiger partial charge in [0, 0.05) is 16.8 Å². The van der Waals surface area contributed by atoms with Crippen LogP contribution in [0.5, 0.6) is 0 Å². The fraction of sp³-hybridized carbons (Fsp3) is 0.633. The molecule has 1 saturated carbocycles. The fourth-order valence-electron chi connectivity index (χ4n) is 7.10. The van der Waals surface area contributed by atoms with E-state index in [2.05, 4.69) is 34.6 Å². The van der Waals surface area contributed by atoms with Gasteiger partial charge in [-0.05, 0) is 79.0 Å². The Balaban J connectivity index is 1.77. The lowest BCUT2D eigenvalue weighted by atomic mass is 9.69. The van der Waals surface area contributed by atoms with Gasteiger partial charge in [-0.25, -0.2) is 0 Å². The van der Waals surface area contributed by atoms with Crippen molar-refractivity contribution in [3.05, 3.63) is 63.5 Å². The van der Waals surface area contributed by atoms with Crippen LogP contribution in [0.2, 0.25) is 0 Å². The van der Waals surface area contributed by atoms with Gasteiger partial charge in [-0.15, -0.1) is 0 Å². The van der Waals surface area contributed by atoms with E-state index in [-0.39, 0.29) is 17.3 Å². The Morgan fingerprint density at radius 2 is 1.86 bits per heavy atom. The van der Waals surface area contributed by atoms with Crippen LogP contribution < -0.4 is 0 Å². The second-order valence-electron chi connectivity index (χ2n) is 12.2. The normalized spacial score (nSPS) is 29.9. The smallest absolute Gasteiger partial charge is 0.388 e. The van der Waals surface area contributed by atoms with E-state index in [4.69, 9.17) is 9.72 Å². The molecule has 1 spiro atoms. The molecule has 1 fully saturated rings. The van der Waals surface area contributed by atoms with E-state index in [1.54, 1.807) is 12.1 Å². The van der Waals surface area contributed by atoms with Gasteiger partial charge in [0.2, 0.25) is 0 Å². The van der Waals surface area contributed by atoms with Gasteiger partial charge in [-0.3, -0.25) is 4.98 Å². The largest absolute Gasteiger partial charge is 0.416 e. The molecule has 2 heterocycles. The summed E-state index contributed by atoms with van der Waals surface area (Å²) in [6, 6.07) is 5.42. The zero-order valence-corrected chi connectivity index (χ0v) is 22.0. The van der Waals surface area contributed by atoms with Gasteiger partial charge < -0.3 is 9.84 Å². The second kappa shape index (κ2) is 8.83. The van der Waals surface area contributed by atoms with Gasteiger partial charge in [-0.2, -0.15) is 13.2 Å². The highest BCUT2D eigenvalue weighted by Gasteiger charge is 2.55. The maximum Gasteiger partial charge on any atom is 0.416 e. The fourth-order valence-corrected chi connectivity index (χ4v) is 7.10. The minimum atomic E-state index is -4.38. The molecule has 2 aliphatic carbocycles. The first-order valence-corrected chi connectivity index (χ1v) is 13.5. The minimum absolute atomic E-state index is 0.0559. The van der Waals surface area contributed by atoms with Crippen LogP contribution in [-0.4, -0.2) is 10.1 Å². The first-order chi connectivity index (χ1) is 16.9. The number of benzene rings is 1. The van der Waals surface area contributed by atoms with Crippen LogP contribution in [0, 0.1) is 11.3 Å². The van der Waals surface area contributed by atoms with Crippen molar-refractivity contribution in [1.82, 2.24) is 4.98 Å². The van der Waals surface area contributed by atoms with Gasteiger partial charge in [0.25, 0.3) is 0 Å². The lowest BCUT2D eigenvalue weighted by Crippen LogP contribution is -2.34. The van der Waals surface area contributed by atoms with Crippen LogP contribution in [0.1, 0.15) is 130 Å². The van der Waals surface area contributed by atoms with E-state index in [0.29, 0.717) is 6.42 Å². The maximum atomic E-state index is 13.3. The highest BCUT2D eigenvalue weighted by atomic mass is 19.4. The van der Waals surface area contributed by atoms with Crippen molar-refractivity contribution in [1.29, 1.82) is 0 Å². The number of fused-ring (bicyclic) bond motifs is 4. The molecule has 196 valence electrons. The SMILES string of the molecule is CCCC(C)c1nc2c(c3c1C(c1ccc(C(F)(F)F)cc1)OC31CCCC1C)C(O)CC(C)(C)C2. The van der Waals surface area contributed by atoms with Crippen LogP contribution in [0.15, 0.2) is 24.3 Å². The summed E-state index contributed by atoms with van der Waals surface area (Å²) in [5.74, 6) is 0.433. The summed E-state index contributed by atoms with van der Waals surface area (Å²) >= 11 is 0. The Bertz CT molecular complexity index is 1140. The van der Waals surface area contributed by atoms with Gasteiger partial charge in [0.15, 0.2) is 0 Å². The summed E-state index contributed by atoms with van der Waals surface area (Å²) in [5, 5.41) is 11.5. The summed E-state index contributed by atoms with van der Waals surface area (Å²) < 4.78 is 46.9. The lowest BCUT2D eigenvalue weighted by Gasteiger charge is -2.39. The summed E-state index contributed by atoms with van der Waals surface area (Å²) in [6.45, 7) is 10.9. The van der Waals surface area contributed by atoms with Gasteiger partial charge in [-0.1, -0.05) is 53.2 Å². The molecule has 1 aromatic carbocycles. The molecule has 0 saturated heterocycles. The van der Waals surface area contributed by atoms with Crippen molar-refractivity contribution < 1.29 is 23.0 Å². The number of alkyl halides is 3. The Labute approximate surface area is 212 Å². The first-order valence-electron chi connectivity index (χ1n) is 13.5. The number of aliphatic hydroxyl groups excluding tert-OH is 1. The van der Waals surface area contributed by atoms with Crippen molar-refractivity contribution >= 4 is 0 Å². The van der Waals surface area contributed by atoms with Crippen LogP contribution in [0.25, 0.3) is 0 Å². The number of nitrogens with zero attached hydrogens (tertiary/aromatic N) is 1. The van der Waals surface area contributed by atoms with E-state index < -0.39 is 29.5 Å². The molecule has 0 amide bonds. The van der Waals surface area contributed by atoms with Crippen LogP contribution in [-0.2, 0) is 22.9 Å². The molecule has 5 rings (SSSR count). The Hall–Kier alpha value is -1.92. The van der Waals surface area contributed by atoms with Crippen molar-refractivity contribution in [3.63, 3.8) is 0 Å². The topological polar surface area (TPSA) is 42.4 Å². The van der Waals surface area contributed by atoms with Crippen LogP contribution >= 0.6 is 0 Å².